The Morgan fingerprint density at radius 3 is 2.07 bits per heavy atom. The molecule has 0 bridgehead atoms. The predicted octanol–water partition coefficient (Wildman–Crippen LogP) is 6.21. The third-order valence-corrected chi connectivity index (χ3v) is 6.79. The van der Waals surface area contributed by atoms with Crippen LogP contribution in [0, 0.1) is 0 Å². The molecule has 1 aromatic heterocycles. The molecule has 3 aromatic rings. The third kappa shape index (κ3) is 7.56. The van der Waals surface area contributed by atoms with Gasteiger partial charge in [0.1, 0.15) is 12.3 Å². The molecule has 226 valence electrons. The molecule has 1 heterocycles. The molecule has 0 unspecified atom stereocenters. The van der Waals surface area contributed by atoms with Gasteiger partial charge >= 0.3 is 12.4 Å². The Labute approximate surface area is 237 Å². The SMILES string of the molecule is COc1ccc(CCN(Cc2ccco2)C(=O)CN(C(=O)c2cc(C(F)(F)F)cc(C(F)(F)F)c2)C2CC2)cc1OC. The Hall–Kier alpha value is -4.16. The number of rotatable bonds is 11. The molecule has 0 saturated heterocycles. The van der Waals surface area contributed by atoms with Crippen molar-refractivity contribution in [1.29, 1.82) is 0 Å². The maximum absolute atomic E-state index is 13.5. The lowest BCUT2D eigenvalue weighted by Gasteiger charge is -2.28. The van der Waals surface area contributed by atoms with Gasteiger partial charge in [-0.25, -0.2) is 0 Å². The molecule has 7 nitrogen and oxygen atoms in total. The molecule has 0 N–H and O–H groups in total. The summed E-state index contributed by atoms with van der Waals surface area (Å²) >= 11 is 0. The van der Waals surface area contributed by atoms with E-state index in [1.54, 1.807) is 30.3 Å². The smallest absolute Gasteiger partial charge is 0.416 e. The molecule has 1 aliphatic rings. The van der Waals surface area contributed by atoms with Crippen LogP contribution in [-0.4, -0.2) is 55.0 Å². The number of amides is 2. The molecule has 4 rings (SSSR count). The maximum atomic E-state index is 13.5. The van der Waals surface area contributed by atoms with Gasteiger partial charge in [-0.05, 0) is 67.3 Å². The lowest BCUT2D eigenvalue weighted by molar-refractivity contribution is -0.143. The third-order valence-electron chi connectivity index (χ3n) is 6.79. The summed E-state index contributed by atoms with van der Waals surface area (Å²) < 4.78 is 96.4. The van der Waals surface area contributed by atoms with Crippen LogP contribution in [0.1, 0.15) is 45.7 Å². The molecule has 0 atom stereocenters. The zero-order valence-corrected chi connectivity index (χ0v) is 22.7. The van der Waals surface area contributed by atoms with Crippen molar-refractivity contribution in [3.63, 3.8) is 0 Å². The first-order chi connectivity index (χ1) is 19.8. The average molecular weight is 599 g/mol. The summed E-state index contributed by atoms with van der Waals surface area (Å²) in [6.07, 6.45) is -7.49. The largest absolute Gasteiger partial charge is 0.493 e. The lowest BCUT2D eigenvalue weighted by Crippen LogP contribution is -2.44. The zero-order chi connectivity index (χ0) is 30.7. The Kier molecular flexibility index (Phi) is 9.07. The Balaban J connectivity index is 1.58. The highest BCUT2D eigenvalue weighted by atomic mass is 19.4. The average Bonchev–Trinajstić information content (AvgIpc) is 3.66. The number of nitrogens with zero attached hydrogens (tertiary/aromatic N) is 2. The van der Waals surface area contributed by atoms with Crippen molar-refractivity contribution in [1.82, 2.24) is 9.80 Å². The van der Waals surface area contributed by atoms with E-state index in [4.69, 9.17) is 13.9 Å². The molecular formula is C29H28F6N2O5. The lowest BCUT2D eigenvalue weighted by atomic mass is 10.0. The van der Waals surface area contributed by atoms with Crippen LogP contribution in [0.15, 0.2) is 59.2 Å². The number of hydrogen-bond donors (Lipinski definition) is 0. The van der Waals surface area contributed by atoms with Gasteiger partial charge in [-0.2, -0.15) is 26.3 Å². The molecular weight excluding hydrogens is 570 g/mol. The van der Waals surface area contributed by atoms with Gasteiger partial charge in [0, 0.05) is 18.2 Å². The van der Waals surface area contributed by atoms with E-state index in [1.807, 2.05) is 0 Å². The van der Waals surface area contributed by atoms with E-state index in [-0.39, 0.29) is 19.2 Å². The summed E-state index contributed by atoms with van der Waals surface area (Å²) in [5.74, 6) is -0.168. The van der Waals surface area contributed by atoms with E-state index in [9.17, 15) is 35.9 Å². The van der Waals surface area contributed by atoms with Crippen LogP contribution in [0.5, 0.6) is 11.5 Å². The van der Waals surface area contributed by atoms with Crippen molar-refractivity contribution in [2.75, 3.05) is 27.3 Å². The van der Waals surface area contributed by atoms with Crippen molar-refractivity contribution in [2.24, 2.45) is 0 Å². The molecule has 1 aliphatic carbocycles. The predicted molar refractivity (Wildman–Crippen MR) is 138 cm³/mol. The summed E-state index contributed by atoms with van der Waals surface area (Å²) in [4.78, 5) is 29.3. The van der Waals surface area contributed by atoms with Crippen molar-refractivity contribution in [3.05, 3.63) is 82.8 Å². The van der Waals surface area contributed by atoms with E-state index in [0.717, 1.165) is 10.5 Å². The fourth-order valence-corrected chi connectivity index (χ4v) is 4.43. The van der Waals surface area contributed by atoms with Gasteiger partial charge in [-0.1, -0.05) is 6.07 Å². The molecule has 0 aliphatic heterocycles. The first-order valence-corrected chi connectivity index (χ1v) is 12.9. The molecule has 0 radical (unpaired) electrons. The standard InChI is InChI=1S/C29H28F6N2O5/c1-40-24-8-5-18(12-25(24)41-2)9-10-36(16-23-4-3-11-42-23)26(38)17-37(22-6-7-22)27(39)19-13-20(28(30,31)32)15-21(14-19)29(33,34)35/h3-5,8,11-15,22H,6-7,9-10,16-17H2,1-2H3. The highest BCUT2D eigenvalue weighted by Gasteiger charge is 2.40. The van der Waals surface area contributed by atoms with E-state index >= 15 is 0 Å². The number of hydrogen-bond acceptors (Lipinski definition) is 5. The van der Waals surface area contributed by atoms with Gasteiger partial charge in [-0.3, -0.25) is 9.59 Å². The van der Waals surface area contributed by atoms with Gasteiger partial charge in [0.05, 0.1) is 38.2 Å². The van der Waals surface area contributed by atoms with Gasteiger partial charge in [0.2, 0.25) is 5.91 Å². The van der Waals surface area contributed by atoms with Crippen molar-refractivity contribution in [2.45, 2.75) is 44.2 Å². The summed E-state index contributed by atoms with van der Waals surface area (Å²) in [6.45, 7) is -0.329. The summed E-state index contributed by atoms with van der Waals surface area (Å²) in [5.41, 5.74) is -3.18. The molecule has 1 saturated carbocycles. The van der Waals surface area contributed by atoms with E-state index in [2.05, 4.69) is 0 Å². The fraction of sp³-hybridized carbons (Fsp3) is 0.379. The Bertz CT molecular complexity index is 1370. The highest BCUT2D eigenvalue weighted by molar-refractivity contribution is 5.97. The monoisotopic (exact) mass is 598 g/mol. The van der Waals surface area contributed by atoms with Crippen LogP contribution in [-0.2, 0) is 30.1 Å². The van der Waals surface area contributed by atoms with Gasteiger partial charge in [-0.15, -0.1) is 0 Å². The Morgan fingerprint density at radius 2 is 1.55 bits per heavy atom. The summed E-state index contributed by atoms with van der Waals surface area (Å²) in [5, 5.41) is 0. The second kappa shape index (κ2) is 12.4. The minimum absolute atomic E-state index is 0.0353. The Morgan fingerprint density at radius 1 is 0.905 bits per heavy atom. The van der Waals surface area contributed by atoms with Gasteiger partial charge in [0.25, 0.3) is 5.91 Å². The van der Waals surface area contributed by atoms with Crippen molar-refractivity contribution in [3.8, 4) is 11.5 Å². The van der Waals surface area contributed by atoms with Crippen molar-refractivity contribution < 1.29 is 49.8 Å². The number of methoxy groups -OCH3 is 2. The molecule has 42 heavy (non-hydrogen) atoms. The van der Waals surface area contributed by atoms with E-state index < -0.39 is 53.4 Å². The van der Waals surface area contributed by atoms with Crippen LogP contribution in [0.4, 0.5) is 26.3 Å². The van der Waals surface area contributed by atoms with Crippen LogP contribution in [0.3, 0.4) is 0 Å². The zero-order valence-electron chi connectivity index (χ0n) is 22.7. The molecule has 2 aromatic carbocycles. The molecule has 13 heteroatoms. The van der Waals surface area contributed by atoms with E-state index in [1.165, 1.54) is 25.4 Å². The number of carbonyl (C=O) groups is 2. The van der Waals surface area contributed by atoms with Crippen LogP contribution in [0.25, 0.3) is 0 Å². The first kappa shape index (κ1) is 30.8. The normalized spacial score (nSPS) is 13.5. The van der Waals surface area contributed by atoms with Crippen LogP contribution < -0.4 is 9.47 Å². The van der Waals surface area contributed by atoms with E-state index in [0.29, 0.717) is 48.7 Å². The molecule has 2 amide bonds. The first-order valence-electron chi connectivity index (χ1n) is 12.9. The number of carbonyl (C=O) groups excluding carboxylic acids is 2. The fourth-order valence-electron chi connectivity index (χ4n) is 4.43. The van der Waals surface area contributed by atoms with Crippen LogP contribution in [0.2, 0.25) is 0 Å². The number of ether oxygens (including phenoxy) is 2. The topological polar surface area (TPSA) is 72.2 Å². The van der Waals surface area contributed by atoms with Crippen molar-refractivity contribution >= 4 is 11.8 Å². The minimum Gasteiger partial charge on any atom is -0.493 e. The quantitative estimate of drug-likeness (QED) is 0.246. The number of alkyl halides is 6. The molecule has 1 fully saturated rings. The van der Waals surface area contributed by atoms with Gasteiger partial charge in [0.15, 0.2) is 11.5 Å². The summed E-state index contributed by atoms with van der Waals surface area (Å²) in [7, 11) is 2.98. The second-order valence-corrected chi connectivity index (χ2v) is 9.79. The van der Waals surface area contributed by atoms with Gasteiger partial charge < -0.3 is 23.7 Å². The second-order valence-electron chi connectivity index (χ2n) is 9.79. The van der Waals surface area contributed by atoms with Crippen LogP contribution >= 0.6 is 0 Å². The number of halogens is 6. The molecule has 0 spiro atoms. The number of furan rings is 1. The summed E-state index contributed by atoms with van der Waals surface area (Å²) in [6, 6.07) is 8.79. The highest BCUT2D eigenvalue weighted by Crippen LogP contribution is 2.37. The minimum atomic E-state index is -5.11. The number of benzene rings is 2. The maximum Gasteiger partial charge on any atom is 0.416 e.